The third-order valence-electron chi connectivity index (χ3n) is 8.59. The van der Waals surface area contributed by atoms with Crippen LogP contribution in [0.15, 0.2) is 97.1 Å². The number of carbonyl (C=O) groups is 1. The van der Waals surface area contributed by atoms with Crippen LogP contribution in [0.4, 0.5) is 0 Å². The van der Waals surface area contributed by atoms with Crippen LogP contribution >= 0.6 is 0 Å². The molecule has 39 heavy (non-hydrogen) atoms. The zero-order valence-corrected chi connectivity index (χ0v) is 22.0. The van der Waals surface area contributed by atoms with Gasteiger partial charge in [0.25, 0.3) is 0 Å². The minimum Gasteiger partial charge on any atom is -0.497 e. The summed E-state index contributed by atoms with van der Waals surface area (Å²) >= 11 is 0. The first-order valence-corrected chi connectivity index (χ1v) is 12.9. The van der Waals surface area contributed by atoms with Crippen LogP contribution in [0.5, 0.6) is 17.2 Å². The van der Waals surface area contributed by atoms with Crippen molar-refractivity contribution in [3.8, 4) is 17.2 Å². The van der Waals surface area contributed by atoms with Gasteiger partial charge >= 0.3 is 0 Å². The molecule has 1 saturated carbocycles. The third-order valence-corrected chi connectivity index (χ3v) is 8.59. The van der Waals surface area contributed by atoms with E-state index in [0.717, 1.165) is 11.1 Å². The highest BCUT2D eigenvalue weighted by atomic mass is 16.5. The molecule has 6 rings (SSSR count). The zero-order valence-electron chi connectivity index (χ0n) is 22.0. The van der Waals surface area contributed by atoms with Gasteiger partial charge in [-0.05, 0) is 58.7 Å². The lowest BCUT2D eigenvalue weighted by atomic mass is 9.69. The van der Waals surface area contributed by atoms with Crippen LogP contribution in [0.3, 0.4) is 0 Å². The second kappa shape index (κ2) is 9.26. The van der Waals surface area contributed by atoms with Crippen molar-refractivity contribution in [3.05, 3.63) is 125 Å². The van der Waals surface area contributed by atoms with Crippen LogP contribution in [-0.2, 0) is 11.2 Å². The highest BCUT2D eigenvalue weighted by Crippen LogP contribution is 2.70. The minimum absolute atomic E-state index is 0.183. The maximum absolute atomic E-state index is 14.2. The van der Waals surface area contributed by atoms with E-state index >= 15 is 0 Å². The predicted molar refractivity (Wildman–Crippen MR) is 147 cm³/mol. The molecule has 2 N–H and O–H groups in total. The number of ketones is 1. The Morgan fingerprint density at radius 2 is 1.08 bits per heavy atom. The Hall–Kier alpha value is -4.13. The molecule has 1 fully saturated rings. The molecule has 198 valence electrons. The molecule has 0 aromatic heterocycles. The van der Waals surface area contributed by atoms with E-state index in [2.05, 4.69) is 0 Å². The molecule has 6 nitrogen and oxygen atoms in total. The van der Waals surface area contributed by atoms with Crippen molar-refractivity contribution < 1.29 is 29.2 Å². The van der Waals surface area contributed by atoms with Crippen LogP contribution < -0.4 is 14.2 Å². The van der Waals surface area contributed by atoms with Gasteiger partial charge in [0, 0.05) is 17.4 Å². The van der Waals surface area contributed by atoms with Crippen molar-refractivity contribution in [2.75, 3.05) is 21.3 Å². The molecular formula is C33H30O6. The molecular weight excluding hydrogens is 492 g/mol. The van der Waals surface area contributed by atoms with Crippen molar-refractivity contribution in [2.45, 2.75) is 23.0 Å². The lowest BCUT2D eigenvalue weighted by Crippen LogP contribution is -2.49. The summed E-state index contributed by atoms with van der Waals surface area (Å²) in [6.07, 6.45) is 0. The van der Waals surface area contributed by atoms with E-state index in [0.29, 0.717) is 33.9 Å². The summed E-state index contributed by atoms with van der Waals surface area (Å²) in [5.74, 6) is -0.372. The molecule has 4 aromatic rings. The van der Waals surface area contributed by atoms with Gasteiger partial charge in [-0.3, -0.25) is 4.79 Å². The number of carbonyl (C=O) groups excluding carboxylic acids is 1. The summed E-state index contributed by atoms with van der Waals surface area (Å²) in [5, 5.41) is 26.0. The van der Waals surface area contributed by atoms with Gasteiger partial charge in [-0.25, -0.2) is 0 Å². The maximum atomic E-state index is 14.2. The molecule has 2 aliphatic rings. The first kappa shape index (κ1) is 25.2. The first-order valence-electron chi connectivity index (χ1n) is 12.9. The molecule has 6 heteroatoms. The minimum atomic E-state index is -1.90. The van der Waals surface area contributed by atoms with E-state index < -0.39 is 29.0 Å². The smallest absolute Gasteiger partial charge is 0.170 e. The number of rotatable bonds is 6. The number of hydrogen-bond donors (Lipinski definition) is 2. The van der Waals surface area contributed by atoms with Crippen molar-refractivity contribution in [1.29, 1.82) is 0 Å². The molecule has 0 aliphatic heterocycles. The Labute approximate surface area is 227 Å². The van der Waals surface area contributed by atoms with Crippen LogP contribution in [0, 0.1) is 5.92 Å². The maximum Gasteiger partial charge on any atom is 0.170 e. The van der Waals surface area contributed by atoms with E-state index in [1.54, 1.807) is 69.9 Å². The molecule has 4 aromatic carbocycles. The Morgan fingerprint density at radius 3 is 1.62 bits per heavy atom. The number of benzene rings is 4. The molecule has 0 saturated heterocycles. The fraction of sp³-hybridized carbons (Fsp3) is 0.242. The topological polar surface area (TPSA) is 85.2 Å². The molecule has 0 unspecified atom stereocenters. The van der Waals surface area contributed by atoms with Gasteiger partial charge in [0.1, 0.15) is 28.5 Å². The summed E-state index contributed by atoms with van der Waals surface area (Å²) in [6, 6.07) is 29.1. The highest BCUT2D eigenvalue weighted by Gasteiger charge is 2.75. The van der Waals surface area contributed by atoms with Gasteiger partial charge in [0.15, 0.2) is 5.78 Å². The third kappa shape index (κ3) is 3.45. The molecule has 0 spiro atoms. The van der Waals surface area contributed by atoms with Gasteiger partial charge in [-0.15, -0.1) is 0 Å². The zero-order chi connectivity index (χ0) is 27.4. The van der Waals surface area contributed by atoms with Gasteiger partial charge in [0.05, 0.1) is 27.2 Å². The summed E-state index contributed by atoms with van der Waals surface area (Å²) in [4.78, 5) is 14.2. The Kier molecular flexibility index (Phi) is 5.97. The second-order valence-corrected chi connectivity index (χ2v) is 10.2. The molecule has 5 atom stereocenters. The van der Waals surface area contributed by atoms with Gasteiger partial charge in [-0.2, -0.15) is 0 Å². The number of ether oxygens (including phenoxy) is 3. The van der Waals surface area contributed by atoms with E-state index in [1.807, 2.05) is 48.5 Å². The Balaban J connectivity index is 1.67. The van der Waals surface area contributed by atoms with E-state index in [1.165, 1.54) is 0 Å². The molecule has 0 amide bonds. The molecule has 2 aliphatic carbocycles. The predicted octanol–water partition coefficient (Wildman–Crippen LogP) is 5.18. The number of Topliss-reactive ketones (excluding diaryl/α,β-unsaturated/α-hetero) is 1. The fourth-order valence-electron chi connectivity index (χ4n) is 6.83. The van der Waals surface area contributed by atoms with Crippen LogP contribution in [-0.4, -0.2) is 37.3 Å². The largest absolute Gasteiger partial charge is 0.497 e. The van der Waals surface area contributed by atoms with Gasteiger partial charge in [-0.1, -0.05) is 60.7 Å². The van der Waals surface area contributed by atoms with Crippen molar-refractivity contribution in [1.82, 2.24) is 0 Å². The summed E-state index contributed by atoms with van der Waals surface area (Å²) in [6.45, 7) is 0. The lowest BCUT2D eigenvalue weighted by Gasteiger charge is -2.42. The van der Waals surface area contributed by atoms with Crippen molar-refractivity contribution in [2.24, 2.45) is 5.92 Å². The average Bonchev–Trinajstić information content (AvgIpc) is 3.36. The SMILES string of the molecule is COc1ccc([C@H]2[C@@H](c3ccc(OC)cc3)[C@@](O)(c3ccc(OC)cc3)[C@@]3(O)c4ccccc4C(=O)[C@@H]23)cc1. The average molecular weight is 523 g/mol. The normalized spacial score (nSPS) is 27.1. The Bertz CT molecular complexity index is 1510. The lowest BCUT2D eigenvalue weighted by molar-refractivity contribution is -0.159. The van der Waals surface area contributed by atoms with Gasteiger partial charge < -0.3 is 24.4 Å². The van der Waals surface area contributed by atoms with Crippen LogP contribution in [0.25, 0.3) is 0 Å². The summed E-state index contributed by atoms with van der Waals surface area (Å²) in [5.41, 5.74) is -0.794. The standard InChI is InChI=1S/C33H30O6/c1-37-23-14-8-20(9-15-23)28-29(21-10-16-24(38-2)17-11-21)32(35,22-12-18-25(39-3)19-13-22)33(36)27-7-5-4-6-26(27)31(34)30(28)33/h4-19,28-30,35-36H,1-3H3/t28-,29+,30+,32-,33+/m0/s1. The number of methoxy groups -OCH3 is 3. The van der Waals surface area contributed by atoms with E-state index in [4.69, 9.17) is 14.2 Å². The highest BCUT2D eigenvalue weighted by molar-refractivity contribution is 6.05. The van der Waals surface area contributed by atoms with Crippen LogP contribution in [0.2, 0.25) is 0 Å². The summed E-state index contributed by atoms with van der Waals surface area (Å²) in [7, 11) is 4.78. The molecule has 0 bridgehead atoms. The molecule has 0 radical (unpaired) electrons. The fourth-order valence-corrected chi connectivity index (χ4v) is 6.83. The van der Waals surface area contributed by atoms with Crippen molar-refractivity contribution in [3.63, 3.8) is 0 Å². The number of hydrogen-bond acceptors (Lipinski definition) is 6. The second-order valence-electron chi connectivity index (χ2n) is 10.2. The molecule has 0 heterocycles. The quantitative estimate of drug-likeness (QED) is 0.363. The number of aliphatic hydroxyl groups is 2. The summed E-state index contributed by atoms with van der Waals surface area (Å²) < 4.78 is 16.2. The monoisotopic (exact) mass is 522 g/mol. The van der Waals surface area contributed by atoms with E-state index in [9.17, 15) is 15.0 Å². The van der Waals surface area contributed by atoms with Gasteiger partial charge in [0.2, 0.25) is 0 Å². The van der Waals surface area contributed by atoms with Crippen LogP contribution in [0.1, 0.15) is 44.4 Å². The van der Waals surface area contributed by atoms with E-state index in [-0.39, 0.29) is 5.78 Å². The first-order chi connectivity index (χ1) is 18.9. The van der Waals surface area contributed by atoms with Crippen molar-refractivity contribution >= 4 is 5.78 Å². The Morgan fingerprint density at radius 1 is 0.590 bits per heavy atom. The number of fused-ring (bicyclic) bond motifs is 3.